The lowest BCUT2D eigenvalue weighted by Gasteiger charge is -2.35. The van der Waals surface area contributed by atoms with E-state index >= 15 is 0 Å². The third kappa shape index (κ3) is 9.53. The average Bonchev–Trinajstić information content (AvgIpc) is 2.95. The summed E-state index contributed by atoms with van der Waals surface area (Å²) in [6, 6.07) is 16.9. The average molecular weight is 538 g/mol. The SMILES string of the molecule is CN=C(Nc1ccc(OCc2ccccc2)c(CN2CCN(CC(=O)N(C)CCNC)CC2)c1)N(C)C(C)C. The van der Waals surface area contributed by atoms with Crippen molar-refractivity contribution in [1.29, 1.82) is 0 Å². The number of likely N-dealkylation sites (N-methyl/N-ethyl adjacent to an activating group) is 2. The van der Waals surface area contributed by atoms with Gasteiger partial charge in [-0.15, -0.1) is 0 Å². The van der Waals surface area contributed by atoms with Crippen LogP contribution in [-0.4, -0.2) is 112 Å². The van der Waals surface area contributed by atoms with E-state index in [1.807, 2.05) is 51.3 Å². The standard InChI is InChI=1S/C30H47N7O2/c1-24(2)35(6)30(32-4)33-27-12-13-28(39-23-25-10-8-7-9-11-25)26(20-27)21-36-16-18-37(19-17-36)22-29(38)34(5)15-14-31-3/h7-13,20,24,31H,14-19,21-23H2,1-6H3,(H,32,33). The van der Waals surface area contributed by atoms with E-state index in [1.54, 1.807) is 0 Å². The van der Waals surface area contributed by atoms with Crippen molar-refractivity contribution in [2.24, 2.45) is 4.99 Å². The van der Waals surface area contributed by atoms with Gasteiger partial charge in [0.2, 0.25) is 5.91 Å². The number of benzene rings is 2. The quantitative estimate of drug-likeness (QED) is 0.319. The molecule has 9 nitrogen and oxygen atoms in total. The Kier molecular flexibility index (Phi) is 12.0. The van der Waals surface area contributed by atoms with Crippen molar-refractivity contribution < 1.29 is 9.53 Å². The van der Waals surface area contributed by atoms with Gasteiger partial charge >= 0.3 is 0 Å². The minimum Gasteiger partial charge on any atom is -0.489 e. The largest absolute Gasteiger partial charge is 0.489 e. The van der Waals surface area contributed by atoms with E-state index in [9.17, 15) is 4.79 Å². The highest BCUT2D eigenvalue weighted by atomic mass is 16.5. The molecule has 1 fully saturated rings. The fourth-order valence-electron chi connectivity index (χ4n) is 4.40. The van der Waals surface area contributed by atoms with E-state index in [1.165, 1.54) is 0 Å². The smallest absolute Gasteiger partial charge is 0.236 e. The number of anilines is 1. The molecule has 0 saturated carbocycles. The van der Waals surface area contributed by atoms with Crippen LogP contribution in [0, 0.1) is 0 Å². The van der Waals surface area contributed by atoms with Gasteiger partial charge in [-0.1, -0.05) is 30.3 Å². The number of ether oxygens (including phenoxy) is 1. The van der Waals surface area contributed by atoms with Gasteiger partial charge in [-0.3, -0.25) is 19.6 Å². The van der Waals surface area contributed by atoms with Crippen LogP contribution >= 0.6 is 0 Å². The number of carbonyl (C=O) groups is 1. The summed E-state index contributed by atoms with van der Waals surface area (Å²) in [5.41, 5.74) is 3.26. The maximum absolute atomic E-state index is 12.6. The van der Waals surface area contributed by atoms with Gasteiger partial charge < -0.3 is 25.2 Å². The maximum Gasteiger partial charge on any atom is 0.236 e. The molecule has 0 unspecified atom stereocenters. The van der Waals surface area contributed by atoms with E-state index in [0.717, 1.165) is 74.3 Å². The summed E-state index contributed by atoms with van der Waals surface area (Å²) in [5, 5.41) is 6.59. The molecular weight excluding hydrogens is 490 g/mol. The Bertz CT molecular complexity index is 1050. The first kappa shape index (κ1) is 30.4. The van der Waals surface area contributed by atoms with Crippen LogP contribution in [-0.2, 0) is 17.9 Å². The maximum atomic E-state index is 12.6. The molecule has 0 aromatic heterocycles. The Balaban J connectivity index is 1.67. The minimum absolute atomic E-state index is 0.175. The summed E-state index contributed by atoms with van der Waals surface area (Å²) in [6.45, 7) is 11.1. The number of hydrogen-bond donors (Lipinski definition) is 2. The lowest BCUT2D eigenvalue weighted by atomic mass is 10.1. The predicted molar refractivity (Wildman–Crippen MR) is 160 cm³/mol. The first-order valence-corrected chi connectivity index (χ1v) is 13.9. The number of carbonyl (C=O) groups excluding carboxylic acids is 1. The molecule has 0 radical (unpaired) electrons. The highest BCUT2D eigenvalue weighted by Gasteiger charge is 2.22. The molecule has 0 atom stereocenters. The summed E-state index contributed by atoms with van der Waals surface area (Å²) in [7, 11) is 7.63. The molecule has 2 aromatic rings. The van der Waals surface area contributed by atoms with Crippen molar-refractivity contribution in [2.75, 3.05) is 79.3 Å². The highest BCUT2D eigenvalue weighted by Crippen LogP contribution is 2.26. The van der Waals surface area contributed by atoms with Crippen molar-refractivity contribution in [1.82, 2.24) is 24.9 Å². The first-order valence-electron chi connectivity index (χ1n) is 13.9. The van der Waals surface area contributed by atoms with Crippen molar-refractivity contribution >= 4 is 17.6 Å². The Morgan fingerprint density at radius 3 is 2.38 bits per heavy atom. The molecule has 39 heavy (non-hydrogen) atoms. The Morgan fingerprint density at radius 1 is 1.05 bits per heavy atom. The van der Waals surface area contributed by atoms with Gasteiger partial charge in [-0.05, 0) is 44.7 Å². The molecule has 0 aliphatic carbocycles. The molecule has 0 bridgehead atoms. The summed E-state index contributed by atoms with van der Waals surface area (Å²) in [5.74, 6) is 1.89. The van der Waals surface area contributed by atoms with Gasteiger partial charge in [0.15, 0.2) is 5.96 Å². The number of guanidine groups is 1. The van der Waals surface area contributed by atoms with E-state index in [4.69, 9.17) is 4.74 Å². The molecular formula is C30H47N7O2. The minimum atomic E-state index is 0.175. The van der Waals surface area contributed by atoms with Gasteiger partial charge in [-0.2, -0.15) is 0 Å². The number of aliphatic imine (C=N–C) groups is 1. The molecule has 3 rings (SSSR count). The summed E-state index contributed by atoms with van der Waals surface area (Å²) in [4.78, 5) is 25.7. The van der Waals surface area contributed by atoms with Crippen LogP contribution in [0.5, 0.6) is 5.75 Å². The second-order valence-electron chi connectivity index (χ2n) is 10.4. The fraction of sp³-hybridized carbons (Fsp3) is 0.533. The fourth-order valence-corrected chi connectivity index (χ4v) is 4.40. The lowest BCUT2D eigenvalue weighted by Crippen LogP contribution is -2.49. The van der Waals surface area contributed by atoms with Crippen LogP contribution in [0.15, 0.2) is 53.5 Å². The lowest BCUT2D eigenvalue weighted by molar-refractivity contribution is -0.131. The summed E-state index contributed by atoms with van der Waals surface area (Å²) < 4.78 is 6.31. The van der Waals surface area contributed by atoms with Crippen LogP contribution < -0.4 is 15.4 Å². The number of rotatable bonds is 12. The van der Waals surface area contributed by atoms with Crippen LogP contribution in [0.3, 0.4) is 0 Å². The van der Waals surface area contributed by atoms with Crippen molar-refractivity contribution in [3.8, 4) is 5.75 Å². The third-order valence-corrected chi connectivity index (χ3v) is 7.21. The topological polar surface area (TPSA) is 75.7 Å². The van der Waals surface area contributed by atoms with Crippen LogP contribution in [0.1, 0.15) is 25.0 Å². The molecule has 9 heteroatoms. The molecule has 1 aliphatic heterocycles. The predicted octanol–water partition coefficient (Wildman–Crippen LogP) is 2.80. The van der Waals surface area contributed by atoms with Crippen LogP contribution in [0.2, 0.25) is 0 Å². The highest BCUT2D eigenvalue weighted by molar-refractivity contribution is 5.93. The Morgan fingerprint density at radius 2 is 1.74 bits per heavy atom. The molecule has 1 saturated heterocycles. The number of nitrogens with zero attached hydrogens (tertiary/aromatic N) is 5. The molecule has 1 heterocycles. The van der Waals surface area contributed by atoms with E-state index in [0.29, 0.717) is 19.2 Å². The molecule has 214 valence electrons. The molecule has 1 amide bonds. The number of hydrogen-bond acceptors (Lipinski definition) is 6. The molecule has 2 aromatic carbocycles. The zero-order valence-electron chi connectivity index (χ0n) is 24.6. The number of amides is 1. The van der Waals surface area contributed by atoms with Gasteiger partial charge in [0.1, 0.15) is 12.4 Å². The molecule has 2 N–H and O–H groups in total. The van der Waals surface area contributed by atoms with Crippen LogP contribution in [0.4, 0.5) is 5.69 Å². The van der Waals surface area contributed by atoms with Crippen LogP contribution in [0.25, 0.3) is 0 Å². The van der Waals surface area contributed by atoms with E-state index in [-0.39, 0.29) is 5.91 Å². The number of nitrogens with one attached hydrogen (secondary N) is 2. The molecule has 0 spiro atoms. The zero-order valence-corrected chi connectivity index (χ0v) is 24.6. The molecule has 1 aliphatic rings. The van der Waals surface area contributed by atoms with Gasteiger partial charge in [0.25, 0.3) is 0 Å². The zero-order chi connectivity index (χ0) is 28.2. The monoisotopic (exact) mass is 537 g/mol. The second kappa shape index (κ2) is 15.5. The summed E-state index contributed by atoms with van der Waals surface area (Å²) >= 11 is 0. The Hall–Kier alpha value is -3.14. The third-order valence-electron chi connectivity index (χ3n) is 7.21. The van der Waals surface area contributed by atoms with Crippen molar-refractivity contribution in [2.45, 2.75) is 33.0 Å². The number of piperazine rings is 1. The first-order chi connectivity index (χ1) is 18.8. The van der Waals surface area contributed by atoms with Gasteiger partial charge in [-0.25, -0.2) is 0 Å². The second-order valence-corrected chi connectivity index (χ2v) is 10.4. The van der Waals surface area contributed by atoms with Gasteiger partial charge in [0.05, 0.1) is 6.54 Å². The summed E-state index contributed by atoms with van der Waals surface area (Å²) in [6.07, 6.45) is 0. The van der Waals surface area contributed by atoms with Crippen molar-refractivity contribution in [3.05, 3.63) is 59.7 Å². The normalized spacial score (nSPS) is 14.9. The Labute approximate surface area is 234 Å². The van der Waals surface area contributed by atoms with E-state index in [2.05, 4.69) is 74.5 Å². The van der Waals surface area contributed by atoms with Crippen molar-refractivity contribution in [3.63, 3.8) is 0 Å². The van der Waals surface area contributed by atoms with E-state index < -0.39 is 0 Å². The van der Waals surface area contributed by atoms with Gasteiger partial charge in [0, 0.05) is 84.2 Å².